The maximum atomic E-state index is 11.1. The summed E-state index contributed by atoms with van der Waals surface area (Å²) in [6.07, 6.45) is 6.13. The van der Waals surface area contributed by atoms with Gasteiger partial charge in [-0.2, -0.15) is 0 Å². The smallest absolute Gasteiger partial charge is 0.337 e. The molecular formula is C17H20N2O2. The Morgan fingerprint density at radius 3 is 2.76 bits per heavy atom. The topological polar surface area (TPSA) is 62.2 Å². The zero-order chi connectivity index (χ0) is 15.1. The molecule has 0 aliphatic heterocycles. The van der Waals surface area contributed by atoms with E-state index in [1.54, 1.807) is 6.20 Å². The Labute approximate surface area is 124 Å². The van der Waals surface area contributed by atoms with Crippen molar-refractivity contribution >= 4 is 11.7 Å². The van der Waals surface area contributed by atoms with Crippen LogP contribution in [0.2, 0.25) is 0 Å². The largest absolute Gasteiger partial charge is 0.478 e. The summed E-state index contributed by atoms with van der Waals surface area (Å²) >= 11 is 0. The number of aromatic carboxylic acids is 1. The van der Waals surface area contributed by atoms with Crippen LogP contribution in [0, 0.1) is 0 Å². The van der Waals surface area contributed by atoms with Crippen LogP contribution in [0.1, 0.15) is 35.7 Å². The summed E-state index contributed by atoms with van der Waals surface area (Å²) in [4.78, 5) is 15.1. The minimum Gasteiger partial charge on any atom is -0.478 e. The molecule has 4 heteroatoms. The third kappa shape index (κ3) is 4.60. The number of hydrogen-bond donors (Lipinski definition) is 2. The third-order valence-electron chi connectivity index (χ3n) is 3.40. The van der Waals surface area contributed by atoms with E-state index >= 15 is 0 Å². The molecule has 110 valence electrons. The molecular weight excluding hydrogens is 264 g/mol. The Kier molecular flexibility index (Phi) is 5.32. The number of nitrogens with zero attached hydrogens (tertiary/aromatic N) is 1. The van der Waals surface area contributed by atoms with Crippen molar-refractivity contribution in [1.82, 2.24) is 4.98 Å². The third-order valence-corrected chi connectivity index (χ3v) is 3.40. The van der Waals surface area contributed by atoms with Crippen LogP contribution in [0.3, 0.4) is 0 Å². The molecule has 0 bridgehead atoms. The normalized spacial score (nSPS) is 11.9. The van der Waals surface area contributed by atoms with E-state index in [9.17, 15) is 4.79 Å². The fraction of sp³-hybridized carbons (Fsp3) is 0.294. The zero-order valence-corrected chi connectivity index (χ0v) is 12.1. The van der Waals surface area contributed by atoms with E-state index in [2.05, 4.69) is 29.4 Å². The summed E-state index contributed by atoms with van der Waals surface area (Å²) in [5.41, 5.74) is 2.18. The lowest BCUT2D eigenvalue weighted by atomic mass is 10.1. The Hall–Kier alpha value is -2.36. The van der Waals surface area contributed by atoms with Gasteiger partial charge < -0.3 is 10.4 Å². The van der Waals surface area contributed by atoms with Gasteiger partial charge in [0, 0.05) is 12.2 Å². The number of pyridine rings is 1. The molecule has 1 atom stereocenters. The number of carboxylic acids is 1. The Bertz CT molecular complexity index is 584. The van der Waals surface area contributed by atoms with E-state index in [-0.39, 0.29) is 11.6 Å². The highest BCUT2D eigenvalue weighted by Crippen LogP contribution is 2.16. The molecule has 21 heavy (non-hydrogen) atoms. The van der Waals surface area contributed by atoms with E-state index in [1.807, 2.05) is 18.2 Å². The maximum absolute atomic E-state index is 11.1. The van der Waals surface area contributed by atoms with E-state index in [4.69, 9.17) is 5.11 Å². The molecule has 1 heterocycles. The van der Waals surface area contributed by atoms with Crippen molar-refractivity contribution in [3.63, 3.8) is 0 Å². The first kappa shape index (κ1) is 15.0. The lowest BCUT2D eigenvalue weighted by Gasteiger charge is -2.16. The standard InChI is InChI=1S/C17H20N2O2/c1-13(6-5-9-14-7-3-2-4-8-14)19-16-12-18-11-10-15(16)17(20)21/h2-4,7-8,10-13,19H,5-6,9H2,1H3,(H,20,21). The maximum Gasteiger partial charge on any atom is 0.337 e. The second kappa shape index (κ2) is 7.43. The van der Waals surface area contributed by atoms with Crippen molar-refractivity contribution in [1.29, 1.82) is 0 Å². The number of carbonyl (C=O) groups is 1. The first-order valence-electron chi connectivity index (χ1n) is 7.14. The average molecular weight is 284 g/mol. The summed E-state index contributed by atoms with van der Waals surface area (Å²) in [5, 5.41) is 12.4. The molecule has 0 spiro atoms. The molecule has 0 fully saturated rings. The Balaban J connectivity index is 1.85. The van der Waals surface area contributed by atoms with E-state index in [0.29, 0.717) is 5.69 Å². The molecule has 0 aliphatic rings. The highest BCUT2D eigenvalue weighted by molar-refractivity contribution is 5.93. The van der Waals surface area contributed by atoms with Gasteiger partial charge in [0.15, 0.2) is 0 Å². The van der Waals surface area contributed by atoms with E-state index < -0.39 is 5.97 Å². The number of carboxylic acid groups (broad SMARTS) is 1. The number of nitrogens with one attached hydrogen (secondary N) is 1. The van der Waals surface area contributed by atoms with Crippen LogP contribution in [-0.4, -0.2) is 22.1 Å². The van der Waals surface area contributed by atoms with E-state index in [0.717, 1.165) is 19.3 Å². The van der Waals surface area contributed by atoms with Crippen LogP contribution in [0.25, 0.3) is 0 Å². The van der Waals surface area contributed by atoms with Gasteiger partial charge in [0.25, 0.3) is 0 Å². The minimum atomic E-state index is -0.934. The SMILES string of the molecule is CC(CCCc1ccccc1)Nc1cnccc1C(=O)O. The van der Waals surface area contributed by atoms with Gasteiger partial charge in [0.1, 0.15) is 0 Å². The van der Waals surface area contributed by atoms with Gasteiger partial charge in [-0.1, -0.05) is 30.3 Å². The van der Waals surface area contributed by atoms with Gasteiger partial charge in [0.05, 0.1) is 17.4 Å². The Morgan fingerprint density at radius 1 is 1.29 bits per heavy atom. The van der Waals surface area contributed by atoms with Crippen molar-refractivity contribution in [3.8, 4) is 0 Å². The van der Waals surface area contributed by atoms with Crippen LogP contribution in [-0.2, 0) is 6.42 Å². The van der Waals surface area contributed by atoms with Crippen molar-refractivity contribution < 1.29 is 9.90 Å². The number of aromatic nitrogens is 1. The Morgan fingerprint density at radius 2 is 2.05 bits per heavy atom. The van der Waals surface area contributed by atoms with Gasteiger partial charge in [-0.05, 0) is 37.8 Å². The molecule has 0 saturated heterocycles. The number of aryl methyl sites for hydroxylation is 1. The first-order valence-corrected chi connectivity index (χ1v) is 7.14. The highest BCUT2D eigenvalue weighted by atomic mass is 16.4. The number of benzene rings is 1. The second-order valence-electron chi connectivity index (χ2n) is 5.15. The lowest BCUT2D eigenvalue weighted by Crippen LogP contribution is -2.17. The lowest BCUT2D eigenvalue weighted by molar-refractivity contribution is 0.0698. The molecule has 2 rings (SSSR count). The summed E-state index contributed by atoms with van der Waals surface area (Å²) in [5.74, 6) is -0.934. The fourth-order valence-corrected chi connectivity index (χ4v) is 2.29. The summed E-state index contributed by atoms with van der Waals surface area (Å²) in [6, 6.07) is 12.1. The van der Waals surface area contributed by atoms with Gasteiger partial charge in [0.2, 0.25) is 0 Å². The van der Waals surface area contributed by atoms with Crippen LogP contribution < -0.4 is 5.32 Å². The molecule has 0 radical (unpaired) electrons. The average Bonchev–Trinajstić information content (AvgIpc) is 2.48. The first-order chi connectivity index (χ1) is 10.2. The summed E-state index contributed by atoms with van der Waals surface area (Å²) < 4.78 is 0. The molecule has 1 unspecified atom stereocenters. The molecule has 4 nitrogen and oxygen atoms in total. The monoisotopic (exact) mass is 284 g/mol. The molecule has 0 aliphatic carbocycles. The molecule has 0 amide bonds. The van der Waals surface area contributed by atoms with Crippen LogP contribution in [0.4, 0.5) is 5.69 Å². The number of anilines is 1. The van der Waals surface area contributed by atoms with Gasteiger partial charge >= 0.3 is 5.97 Å². The molecule has 1 aromatic heterocycles. The second-order valence-corrected chi connectivity index (χ2v) is 5.15. The van der Waals surface area contributed by atoms with Crippen molar-refractivity contribution in [2.24, 2.45) is 0 Å². The summed E-state index contributed by atoms with van der Waals surface area (Å²) in [7, 11) is 0. The van der Waals surface area contributed by atoms with Crippen molar-refractivity contribution in [2.45, 2.75) is 32.2 Å². The molecule has 0 saturated carbocycles. The van der Waals surface area contributed by atoms with Crippen LogP contribution >= 0.6 is 0 Å². The predicted molar refractivity (Wildman–Crippen MR) is 83.7 cm³/mol. The number of hydrogen-bond acceptors (Lipinski definition) is 3. The van der Waals surface area contributed by atoms with Crippen molar-refractivity contribution in [3.05, 3.63) is 59.9 Å². The quantitative estimate of drug-likeness (QED) is 0.815. The molecule has 2 aromatic rings. The minimum absolute atomic E-state index is 0.205. The fourth-order valence-electron chi connectivity index (χ4n) is 2.29. The van der Waals surface area contributed by atoms with Gasteiger partial charge in [-0.15, -0.1) is 0 Å². The zero-order valence-electron chi connectivity index (χ0n) is 12.1. The predicted octanol–water partition coefficient (Wildman–Crippen LogP) is 3.60. The highest BCUT2D eigenvalue weighted by Gasteiger charge is 2.11. The van der Waals surface area contributed by atoms with Crippen LogP contribution in [0.15, 0.2) is 48.8 Å². The molecule has 1 aromatic carbocycles. The van der Waals surface area contributed by atoms with Crippen LogP contribution in [0.5, 0.6) is 0 Å². The van der Waals surface area contributed by atoms with Gasteiger partial charge in [-0.3, -0.25) is 4.98 Å². The summed E-state index contributed by atoms with van der Waals surface area (Å²) in [6.45, 7) is 2.06. The van der Waals surface area contributed by atoms with Crippen molar-refractivity contribution in [2.75, 3.05) is 5.32 Å². The van der Waals surface area contributed by atoms with E-state index in [1.165, 1.54) is 17.8 Å². The molecule has 2 N–H and O–H groups in total. The number of rotatable bonds is 7. The van der Waals surface area contributed by atoms with Gasteiger partial charge in [-0.25, -0.2) is 4.79 Å².